The molecule has 2 aliphatic heterocycles. The highest BCUT2D eigenvalue weighted by molar-refractivity contribution is 7.89. The molecule has 1 amide bonds. The van der Waals surface area contributed by atoms with Crippen LogP contribution in [0.4, 0.5) is 0 Å². The van der Waals surface area contributed by atoms with Crippen LogP contribution in [0.3, 0.4) is 0 Å². The van der Waals surface area contributed by atoms with Crippen LogP contribution in [0.15, 0.2) is 29.2 Å². The molecule has 1 aromatic carbocycles. The molecule has 24 heavy (non-hydrogen) atoms. The predicted octanol–water partition coefficient (Wildman–Crippen LogP) is 0.236. The Hall–Kier alpha value is -1.48. The van der Waals surface area contributed by atoms with E-state index in [2.05, 4.69) is 15.4 Å². The van der Waals surface area contributed by atoms with Gasteiger partial charge in [-0.3, -0.25) is 4.79 Å². The molecule has 0 aliphatic carbocycles. The average Bonchev–Trinajstić information content (AvgIpc) is 3.08. The van der Waals surface area contributed by atoms with Crippen molar-refractivity contribution in [3.05, 3.63) is 29.8 Å². The van der Waals surface area contributed by atoms with E-state index in [0.29, 0.717) is 18.8 Å². The highest BCUT2D eigenvalue weighted by Crippen LogP contribution is 2.14. The maximum Gasteiger partial charge on any atom is 0.251 e. The highest BCUT2D eigenvalue weighted by Gasteiger charge is 2.22. The number of hydrogen-bond donors (Lipinski definition) is 3. The molecule has 7 nitrogen and oxygen atoms in total. The van der Waals surface area contributed by atoms with Crippen molar-refractivity contribution in [1.29, 1.82) is 0 Å². The Morgan fingerprint density at radius 3 is 2.42 bits per heavy atom. The minimum absolute atomic E-state index is 0.0301. The Kier molecular flexibility index (Phi) is 5.50. The standard InChI is InChI=1S/C16H23N3O4S/c20-16(18-14-7-10-23-11-14)12-1-3-15(4-2-12)24(21,22)19-13-5-8-17-9-6-13/h1-4,13-14,17,19H,5-11H2,(H,18,20). The van der Waals surface area contributed by atoms with Crippen molar-refractivity contribution in [2.24, 2.45) is 0 Å². The van der Waals surface area contributed by atoms with Gasteiger partial charge < -0.3 is 15.4 Å². The van der Waals surface area contributed by atoms with Gasteiger partial charge in [-0.15, -0.1) is 0 Å². The zero-order valence-electron chi connectivity index (χ0n) is 13.5. The van der Waals surface area contributed by atoms with Crippen LogP contribution in [0.25, 0.3) is 0 Å². The minimum atomic E-state index is -3.55. The van der Waals surface area contributed by atoms with Crippen LogP contribution in [0.2, 0.25) is 0 Å². The van der Waals surface area contributed by atoms with E-state index in [1.54, 1.807) is 12.1 Å². The molecule has 0 radical (unpaired) electrons. The molecule has 8 heteroatoms. The summed E-state index contributed by atoms with van der Waals surface area (Å²) >= 11 is 0. The van der Waals surface area contributed by atoms with E-state index in [4.69, 9.17) is 4.74 Å². The summed E-state index contributed by atoms with van der Waals surface area (Å²) in [6.07, 6.45) is 2.37. The number of carbonyl (C=O) groups excluding carboxylic acids is 1. The second kappa shape index (κ2) is 7.60. The van der Waals surface area contributed by atoms with Crippen LogP contribution in [-0.2, 0) is 14.8 Å². The Morgan fingerprint density at radius 1 is 1.08 bits per heavy atom. The fourth-order valence-electron chi connectivity index (χ4n) is 2.93. The summed E-state index contributed by atoms with van der Waals surface area (Å²) < 4.78 is 32.8. The molecule has 1 atom stereocenters. The van der Waals surface area contributed by atoms with E-state index < -0.39 is 10.0 Å². The molecule has 2 heterocycles. The number of hydrogen-bond acceptors (Lipinski definition) is 5. The lowest BCUT2D eigenvalue weighted by atomic mass is 10.1. The van der Waals surface area contributed by atoms with E-state index in [-0.39, 0.29) is 22.9 Å². The zero-order chi connectivity index (χ0) is 17.0. The Morgan fingerprint density at radius 2 is 1.79 bits per heavy atom. The molecule has 1 aromatic rings. The number of amides is 1. The van der Waals surface area contributed by atoms with Gasteiger partial charge in [0.2, 0.25) is 10.0 Å². The fraction of sp³-hybridized carbons (Fsp3) is 0.562. The van der Waals surface area contributed by atoms with Crippen molar-refractivity contribution in [3.8, 4) is 0 Å². The molecule has 3 rings (SSSR count). The number of benzene rings is 1. The normalized spacial score (nSPS) is 22.4. The van der Waals surface area contributed by atoms with Crippen LogP contribution in [-0.4, -0.2) is 52.7 Å². The third kappa shape index (κ3) is 4.32. The predicted molar refractivity (Wildman–Crippen MR) is 89.3 cm³/mol. The van der Waals surface area contributed by atoms with E-state index in [9.17, 15) is 13.2 Å². The highest BCUT2D eigenvalue weighted by atomic mass is 32.2. The second-order valence-electron chi connectivity index (χ2n) is 6.20. The van der Waals surface area contributed by atoms with Crippen LogP contribution in [0, 0.1) is 0 Å². The van der Waals surface area contributed by atoms with Crippen molar-refractivity contribution in [2.75, 3.05) is 26.3 Å². The molecule has 2 aliphatic rings. The van der Waals surface area contributed by atoms with Gasteiger partial charge in [-0.2, -0.15) is 0 Å². The Balaban J connectivity index is 1.63. The smallest absolute Gasteiger partial charge is 0.251 e. The monoisotopic (exact) mass is 353 g/mol. The second-order valence-corrected chi connectivity index (χ2v) is 7.92. The maximum atomic E-state index is 12.4. The summed E-state index contributed by atoms with van der Waals surface area (Å²) in [5, 5.41) is 6.08. The molecule has 3 N–H and O–H groups in total. The van der Waals surface area contributed by atoms with Gasteiger partial charge in [0.1, 0.15) is 0 Å². The first-order chi connectivity index (χ1) is 11.5. The molecule has 0 saturated carbocycles. The van der Waals surface area contributed by atoms with Crippen LogP contribution in [0.5, 0.6) is 0 Å². The number of carbonyl (C=O) groups is 1. The van der Waals surface area contributed by atoms with Gasteiger partial charge in [-0.25, -0.2) is 13.1 Å². The third-order valence-electron chi connectivity index (χ3n) is 4.35. The summed E-state index contributed by atoms with van der Waals surface area (Å²) in [4.78, 5) is 12.3. The van der Waals surface area contributed by atoms with E-state index in [0.717, 1.165) is 32.4 Å². The number of rotatable bonds is 5. The van der Waals surface area contributed by atoms with Gasteiger partial charge in [0.25, 0.3) is 5.91 Å². The lowest BCUT2D eigenvalue weighted by Gasteiger charge is -2.23. The molecule has 0 aromatic heterocycles. The lowest BCUT2D eigenvalue weighted by molar-refractivity contribution is 0.0930. The van der Waals surface area contributed by atoms with Crippen LogP contribution < -0.4 is 15.4 Å². The summed E-state index contributed by atoms with van der Waals surface area (Å²) in [7, 11) is -3.55. The SMILES string of the molecule is O=C(NC1CCOC1)c1ccc(S(=O)(=O)NC2CCNCC2)cc1. The van der Waals surface area contributed by atoms with Crippen LogP contribution in [0.1, 0.15) is 29.6 Å². The molecule has 0 bridgehead atoms. The third-order valence-corrected chi connectivity index (χ3v) is 5.89. The quantitative estimate of drug-likeness (QED) is 0.704. The van der Waals surface area contributed by atoms with Gasteiger partial charge in [0.05, 0.1) is 17.5 Å². The van der Waals surface area contributed by atoms with Gasteiger partial charge in [0, 0.05) is 18.2 Å². The summed E-state index contributed by atoms with van der Waals surface area (Å²) in [5.74, 6) is -0.208. The van der Waals surface area contributed by atoms with Crippen molar-refractivity contribution >= 4 is 15.9 Å². The molecule has 132 valence electrons. The van der Waals surface area contributed by atoms with Crippen molar-refractivity contribution in [1.82, 2.24) is 15.4 Å². The molecular formula is C16H23N3O4S. The van der Waals surface area contributed by atoms with E-state index >= 15 is 0 Å². The largest absolute Gasteiger partial charge is 0.379 e. The minimum Gasteiger partial charge on any atom is -0.379 e. The molecule has 1 unspecified atom stereocenters. The zero-order valence-corrected chi connectivity index (χ0v) is 14.3. The Bertz CT molecular complexity index is 663. The average molecular weight is 353 g/mol. The lowest BCUT2D eigenvalue weighted by Crippen LogP contribution is -2.42. The van der Waals surface area contributed by atoms with Crippen LogP contribution >= 0.6 is 0 Å². The maximum absolute atomic E-state index is 12.4. The van der Waals surface area contributed by atoms with Gasteiger partial charge in [-0.1, -0.05) is 0 Å². The van der Waals surface area contributed by atoms with E-state index in [1.165, 1.54) is 12.1 Å². The number of nitrogens with one attached hydrogen (secondary N) is 3. The topological polar surface area (TPSA) is 96.5 Å². The summed E-state index contributed by atoms with van der Waals surface area (Å²) in [5.41, 5.74) is 0.447. The molecular weight excluding hydrogens is 330 g/mol. The molecule has 2 fully saturated rings. The number of sulfonamides is 1. The number of piperidine rings is 1. The van der Waals surface area contributed by atoms with Crippen molar-refractivity contribution in [3.63, 3.8) is 0 Å². The fourth-order valence-corrected chi connectivity index (χ4v) is 4.23. The van der Waals surface area contributed by atoms with Gasteiger partial charge >= 0.3 is 0 Å². The van der Waals surface area contributed by atoms with E-state index in [1.807, 2.05) is 0 Å². The summed E-state index contributed by atoms with van der Waals surface area (Å²) in [6, 6.07) is 6.03. The Labute approximate surface area is 142 Å². The van der Waals surface area contributed by atoms with Crippen molar-refractivity contribution < 1.29 is 17.9 Å². The van der Waals surface area contributed by atoms with Gasteiger partial charge in [0.15, 0.2) is 0 Å². The first kappa shape index (κ1) is 17.3. The first-order valence-electron chi connectivity index (χ1n) is 8.26. The summed E-state index contributed by atoms with van der Waals surface area (Å²) in [6.45, 7) is 2.82. The molecule has 0 spiro atoms. The first-order valence-corrected chi connectivity index (χ1v) is 9.75. The number of ether oxygens (including phenoxy) is 1. The van der Waals surface area contributed by atoms with Crippen molar-refractivity contribution in [2.45, 2.75) is 36.2 Å². The molecule has 2 saturated heterocycles. The van der Waals surface area contributed by atoms with Gasteiger partial charge in [-0.05, 0) is 56.6 Å².